The highest BCUT2D eigenvalue weighted by Crippen LogP contribution is 2.16. The third kappa shape index (κ3) is 4.13. The van der Waals surface area contributed by atoms with Crippen molar-refractivity contribution in [3.05, 3.63) is 46.6 Å². The van der Waals surface area contributed by atoms with Crippen LogP contribution in [0.25, 0.3) is 0 Å². The quantitative estimate of drug-likeness (QED) is 0.868. The van der Waals surface area contributed by atoms with Gasteiger partial charge in [-0.2, -0.15) is 0 Å². The lowest BCUT2D eigenvalue weighted by Crippen LogP contribution is -2.40. The van der Waals surface area contributed by atoms with Crippen LogP contribution in [0, 0.1) is 0 Å². The Bertz CT molecular complexity index is 703. The first kappa shape index (κ1) is 16.9. The van der Waals surface area contributed by atoms with Crippen molar-refractivity contribution in [1.82, 2.24) is 20.4 Å². The molecule has 2 heterocycles. The van der Waals surface area contributed by atoms with Gasteiger partial charge >= 0.3 is 11.8 Å². The maximum Gasteiger partial charge on any atom is 0.308 e. The zero-order valence-electron chi connectivity index (χ0n) is 13.7. The van der Waals surface area contributed by atoms with E-state index in [0.29, 0.717) is 29.9 Å². The highest BCUT2D eigenvalue weighted by atomic mass is 35.5. The van der Waals surface area contributed by atoms with Gasteiger partial charge in [0.1, 0.15) is 0 Å². The van der Waals surface area contributed by atoms with Crippen LogP contribution in [0.15, 0.2) is 28.7 Å². The topological polar surface area (TPSA) is 71.3 Å². The van der Waals surface area contributed by atoms with E-state index in [9.17, 15) is 4.79 Å². The summed E-state index contributed by atoms with van der Waals surface area (Å²) in [4.78, 5) is 14.5. The molecular formula is C17H21ClN4O2. The summed E-state index contributed by atoms with van der Waals surface area (Å²) in [6.45, 7) is 4.85. The average molecular weight is 349 g/mol. The maximum absolute atomic E-state index is 12.2. The monoisotopic (exact) mass is 348 g/mol. The van der Waals surface area contributed by atoms with Crippen LogP contribution in [0.2, 0.25) is 5.02 Å². The third-order valence-electron chi connectivity index (χ3n) is 4.31. The van der Waals surface area contributed by atoms with Crippen molar-refractivity contribution in [1.29, 1.82) is 0 Å². The number of nitrogens with one attached hydrogen (secondary N) is 1. The molecule has 7 heteroatoms. The number of rotatable bonds is 6. The van der Waals surface area contributed by atoms with Crippen molar-refractivity contribution in [2.75, 3.05) is 19.6 Å². The third-order valence-corrected chi connectivity index (χ3v) is 4.54. The van der Waals surface area contributed by atoms with Crippen molar-refractivity contribution >= 4 is 17.5 Å². The largest absolute Gasteiger partial charge is 0.417 e. The summed E-state index contributed by atoms with van der Waals surface area (Å²) >= 11 is 5.96. The zero-order valence-corrected chi connectivity index (χ0v) is 14.4. The van der Waals surface area contributed by atoms with Crippen LogP contribution in [-0.2, 0) is 6.42 Å². The standard InChI is InChI=1S/C17H21ClN4O2/c1-2-22-8-4-7-14(22)11-19-16(23)17-21-20-15(24-17)10-12-5-3-6-13(18)9-12/h3,5-6,9,14H,2,4,7-8,10-11H2,1H3,(H,19,23). The molecule has 1 saturated heterocycles. The first-order chi connectivity index (χ1) is 11.7. The number of likely N-dealkylation sites (N-methyl/N-ethyl adjacent to an activating group) is 1. The van der Waals surface area contributed by atoms with Crippen molar-refractivity contribution in [3.63, 3.8) is 0 Å². The summed E-state index contributed by atoms with van der Waals surface area (Å²) in [7, 11) is 0. The van der Waals surface area contributed by atoms with Gasteiger partial charge in [-0.3, -0.25) is 9.69 Å². The van der Waals surface area contributed by atoms with Gasteiger partial charge in [0.2, 0.25) is 5.89 Å². The highest BCUT2D eigenvalue weighted by molar-refractivity contribution is 6.30. The fraction of sp³-hybridized carbons (Fsp3) is 0.471. The second-order valence-corrected chi connectivity index (χ2v) is 6.38. The van der Waals surface area contributed by atoms with Crippen LogP contribution >= 0.6 is 11.6 Å². The number of benzene rings is 1. The molecular weight excluding hydrogens is 328 g/mol. The number of aromatic nitrogens is 2. The fourth-order valence-electron chi connectivity index (χ4n) is 3.07. The van der Waals surface area contributed by atoms with Crippen molar-refractivity contribution in [2.45, 2.75) is 32.2 Å². The number of carbonyl (C=O) groups excluding carboxylic acids is 1. The molecule has 128 valence electrons. The lowest BCUT2D eigenvalue weighted by Gasteiger charge is -2.22. The molecule has 1 N–H and O–H groups in total. The fourth-order valence-corrected chi connectivity index (χ4v) is 3.28. The molecule has 0 aliphatic carbocycles. The molecule has 1 unspecified atom stereocenters. The lowest BCUT2D eigenvalue weighted by molar-refractivity contribution is 0.0905. The highest BCUT2D eigenvalue weighted by Gasteiger charge is 2.24. The summed E-state index contributed by atoms with van der Waals surface area (Å²) in [6, 6.07) is 7.83. The Morgan fingerprint density at radius 1 is 1.46 bits per heavy atom. The zero-order chi connectivity index (χ0) is 16.9. The molecule has 1 atom stereocenters. The second kappa shape index (κ2) is 7.77. The molecule has 0 bridgehead atoms. The summed E-state index contributed by atoms with van der Waals surface area (Å²) in [5.41, 5.74) is 0.961. The smallest absolute Gasteiger partial charge is 0.308 e. The van der Waals surface area contributed by atoms with Gasteiger partial charge in [0, 0.05) is 17.6 Å². The summed E-state index contributed by atoms with van der Waals surface area (Å²) in [5.74, 6) is 0.0920. The van der Waals surface area contributed by atoms with Gasteiger partial charge in [-0.05, 0) is 43.6 Å². The average Bonchev–Trinajstić information content (AvgIpc) is 3.21. The molecule has 6 nitrogen and oxygen atoms in total. The Kier molecular flexibility index (Phi) is 5.48. The Labute approximate surface area is 146 Å². The minimum atomic E-state index is -0.317. The van der Waals surface area contributed by atoms with Crippen molar-refractivity contribution in [2.24, 2.45) is 0 Å². The number of halogens is 1. The minimum Gasteiger partial charge on any atom is -0.417 e. The number of likely N-dealkylation sites (tertiary alicyclic amines) is 1. The van der Waals surface area contributed by atoms with E-state index < -0.39 is 0 Å². The van der Waals surface area contributed by atoms with Gasteiger partial charge in [-0.1, -0.05) is 30.7 Å². The SMILES string of the molecule is CCN1CCCC1CNC(=O)c1nnc(Cc2cccc(Cl)c2)o1. The van der Waals surface area contributed by atoms with E-state index in [1.54, 1.807) is 6.07 Å². The van der Waals surface area contributed by atoms with Crippen molar-refractivity contribution in [3.8, 4) is 0 Å². The van der Waals surface area contributed by atoms with E-state index in [1.165, 1.54) is 6.42 Å². The molecule has 1 fully saturated rings. The molecule has 2 aromatic rings. The lowest BCUT2D eigenvalue weighted by atomic mass is 10.1. The molecule has 1 aliphatic heterocycles. The maximum atomic E-state index is 12.2. The normalized spacial score (nSPS) is 18.0. The minimum absolute atomic E-state index is 0.00748. The van der Waals surface area contributed by atoms with E-state index in [2.05, 4.69) is 27.3 Å². The van der Waals surface area contributed by atoms with Gasteiger partial charge in [-0.15, -0.1) is 10.2 Å². The van der Waals surface area contributed by atoms with Gasteiger partial charge in [0.15, 0.2) is 0 Å². The van der Waals surface area contributed by atoms with Crippen LogP contribution < -0.4 is 5.32 Å². The number of hydrogen-bond acceptors (Lipinski definition) is 5. The van der Waals surface area contributed by atoms with E-state index in [0.717, 1.165) is 25.1 Å². The van der Waals surface area contributed by atoms with Gasteiger partial charge in [0.05, 0.1) is 6.42 Å². The van der Waals surface area contributed by atoms with E-state index in [4.69, 9.17) is 16.0 Å². The Balaban J connectivity index is 1.55. The summed E-state index contributed by atoms with van der Waals surface area (Å²) < 4.78 is 5.47. The van der Waals surface area contributed by atoms with Gasteiger partial charge < -0.3 is 9.73 Å². The Morgan fingerprint density at radius 2 is 2.33 bits per heavy atom. The Hall–Kier alpha value is -1.92. The second-order valence-electron chi connectivity index (χ2n) is 5.94. The van der Waals surface area contributed by atoms with E-state index in [1.807, 2.05) is 18.2 Å². The number of nitrogens with zero attached hydrogens (tertiary/aromatic N) is 3. The van der Waals surface area contributed by atoms with Crippen LogP contribution in [0.4, 0.5) is 0 Å². The molecule has 0 spiro atoms. The molecule has 1 amide bonds. The van der Waals surface area contributed by atoms with Crippen LogP contribution in [0.3, 0.4) is 0 Å². The predicted octanol–water partition coefficient (Wildman–Crippen LogP) is 2.53. The van der Waals surface area contributed by atoms with E-state index >= 15 is 0 Å². The number of hydrogen-bond donors (Lipinski definition) is 1. The van der Waals surface area contributed by atoms with Gasteiger partial charge in [-0.25, -0.2) is 0 Å². The predicted molar refractivity (Wildman–Crippen MR) is 91.2 cm³/mol. The number of carbonyl (C=O) groups is 1. The molecule has 1 aromatic heterocycles. The Morgan fingerprint density at radius 3 is 3.12 bits per heavy atom. The molecule has 3 rings (SSSR count). The first-order valence-corrected chi connectivity index (χ1v) is 8.62. The van der Waals surface area contributed by atoms with Crippen LogP contribution in [0.1, 0.15) is 41.9 Å². The molecule has 0 saturated carbocycles. The van der Waals surface area contributed by atoms with Crippen molar-refractivity contribution < 1.29 is 9.21 Å². The summed E-state index contributed by atoms with van der Waals surface area (Å²) in [5, 5.41) is 11.3. The molecule has 0 radical (unpaired) electrons. The molecule has 1 aromatic carbocycles. The molecule has 24 heavy (non-hydrogen) atoms. The number of amides is 1. The van der Waals surface area contributed by atoms with Crippen LogP contribution in [-0.4, -0.2) is 46.7 Å². The van der Waals surface area contributed by atoms with Crippen LogP contribution in [0.5, 0.6) is 0 Å². The molecule has 1 aliphatic rings. The van der Waals surface area contributed by atoms with E-state index in [-0.39, 0.29) is 11.8 Å². The summed E-state index contributed by atoms with van der Waals surface area (Å²) in [6.07, 6.45) is 2.74. The first-order valence-electron chi connectivity index (χ1n) is 8.24. The van der Waals surface area contributed by atoms with Gasteiger partial charge in [0.25, 0.3) is 0 Å².